The molecule has 0 saturated carbocycles. The van der Waals surface area contributed by atoms with E-state index < -0.39 is 11.8 Å². The number of carbonyl (C=O) groups excluding carboxylic acids is 1. The van der Waals surface area contributed by atoms with Crippen LogP contribution in [0.15, 0.2) is 30.6 Å². The van der Waals surface area contributed by atoms with Crippen molar-refractivity contribution in [3.8, 4) is 5.75 Å². The molecule has 1 aromatic carbocycles. The summed E-state index contributed by atoms with van der Waals surface area (Å²) >= 11 is 0. The van der Waals surface area contributed by atoms with Crippen LogP contribution in [0.2, 0.25) is 0 Å². The quantitative estimate of drug-likeness (QED) is 0.738. The Morgan fingerprint density at radius 1 is 1.50 bits per heavy atom. The zero-order valence-corrected chi connectivity index (χ0v) is 10.9. The second-order valence-corrected chi connectivity index (χ2v) is 4.93. The van der Waals surface area contributed by atoms with Gasteiger partial charge >= 0.3 is 0 Å². The highest BCUT2D eigenvalue weighted by molar-refractivity contribution is 5.79. The molecule has 1 aliphatic heterocycles. The van der Waals surface area contributed by atoms with Crippen LogP contribution in [0.4, 0.5) is 5.95 Å². The summed E-state index contributed by atoms with van der Waals surface area (Å²) in [4.78, 5) is 15.9. The number of amides is 1. The average molecular weight is 273 g/mol. The van der Waals surface area contributed by atoms with Gasteiger partial charge in [0, 0.05) is 6.04 Å². The van der Waals surface area contributed by atoms with Gasteiger partial charge < -0.3 is 16.2 Å². The first-order chi connectivity index (χ1) is 9.58. The molecule has 0 radical (unpaired) electrons. The molecule has 2 heterocycles. The topological polar surface area (TPSA) is 106 Å². The second-order valence-electron chi connectivity index (χ2n) is 4.93. The molecule has 0 bridgehead atoms. The van der Waals surface area contributed by atoms with E-state index in [9.17, 15) is 9.90 Å². The van der Waals surface area contributed by atoms with E-state index in [2.05, 4.69) is 15.4 Å². The van der Waals surface area contributed by atoms with Crippen molar-refractivity contribution < 1.29 is 9.90 Å². The highest BCUT2D eigenvalue weighted by Gasteiger charge is 2.40. The second kappa shape index (κ2) is 4.52. The standard InChI is InChI=1S/C13H15N5O2/c1-7-10(12(14)20)11(8-3-2-4-9(19)5-8)18-13(17-7)15-6-16-18/h2-7,10-11,19H,1H3,(H2,14,20)(H,15,16,17). The van der Waals surface area contributed by atoms with Crippen molar-refractivity contribution in [2.75, 3.05) is 5.32 Å². The number of hydrogen-bond donors (Lipinski definition) is 3. The van der Waals surface area contributed by atoms with Gasteiger partial charge in [0.25, 0.3) is 0 Å². The van der Waals surface area contributed by atoms with E-state index in [-0.39, 0.29) is 17.8 Å². The van der Waals surface area contributed by atoms with E-state index in [1.54, 1.807) is 22.9 Å². The zero-order valence-electron chi connectivity index (χ0n) is 10.9. The van der Waals surface area contributed by atoms with Crippen LogP contribution in [0.5, 0.6) is 5.75 Å². The van der Waals surface area contributed by atoms with Gasteiger partial charge in [0.2, 0.25) is 11.9 Å². The summed E-state index contributed by atoms with van der Waals surface area (Å²) in [5.74, 6) is -0.174. The summed E-state index contributed by atoms with van der Waals surface area (Å²) in [6.07, 6.45) is 1.42. The first-order valence-corrected chi connectivity index (χ1v) is 6.32. The van der Waals surface area contributed by atoms with Gasteiger partial charge in [-0.2, -0.15) is 10.1 Å². The van der Waals surface area contributed by atoms with Crippen LogP contribution in [0.3, 0.4) is 0 Å². The normalized spacial score (nSPS) is 24.8. The van der Waals surface area contributed by atoms with Gasteiger partial charge in [0.15, 0.2) is 0 Å². The number of fused-ring (bicyclic) bond motifs is 1. The van der Waals surface area contributed by atoms with E-state index in [0.29, 0.717) is 5.95 Å². The van der Waals surface area contributed by atoms with Crippen molar-refractivity contribution in [1.29, 1.82) is 0 Å². The van der Waals surface area contributed by atoms with Crippen molar-refractivity contribution in [3.05, 3.63) is 36.2 Å². The smallest absolute Gasteiger partial charge is 0.225 e. The Hall–Kier alpha value is -2.57. The van der Waals surface area contributed by atoms with Crippen molar-refractivity contribution in [1.82, 2.24) is 14.8 Å². The number of hydrogen-bond acceptors (Lipinski definition) is 5. The maximum Gasteiger partial charge on any atom is 0.225 e. The molecule has 0 aliphatic carbocycles. The Bertz CT molecular complexity index is 654. The Labute approximate surface area is 115 Å². The molecule has 20 heavy (non-hydrogen) atoms. The fraction of sp³-hybridized carbons (Fsp3) is 0.308. The lowest BCUT2D eigenvalue weighted by molar-refractivity contribution is -0.123. The number of phenols is 1. The number of anilines is 1. The number of aromatic hydroxyl groups is 1. The molecule has 4 N–H and O–H groups in total. The van der Waals surface area contributed by atoms with Crippen LogP contribution in [0, 0.1) is 5.92 Å². The summed E-state index contributed by atoms with van der Waals surface area (Å²) in [6.45, 7) is 1.88. The molecule has 7 nitrogen and oxygen atoms in total. The molecular weight excluding hydrogens is 258 g/mol. The fourth-order valence-electron chi connectivity index (χ4n) is 2.74. The molecule has 2 aromatic rings. The molecule has 1 aliphatic rings. The number of benzene rings is 1. The van der Waals surface area contributed by atoms with Gasteiger partial charge in [-0.25, -0.2) is 4.68 Å². The van der Waals surface area contributed by atoms with Crippen LogP contribution >= 0.6 is 0 Å². The number of rotatable bonds is 2. The molecular formula is C13H15N5O2. The fourth-order valence-corrected chi connectivity index (χ4v) is 2.74. The third-order valence-corrected chi connectivity index (χ3v) is 3.61. The molecule has 1 amide bonds. The molecule has 0 fully saturated rings. The highest BCUT2D eigenvalue weighted by atomic mass is 16.3. The molecule has 3 rings (SSSR count). The summed E-state index contributed by atoms with van der Waals surface area (Å²) < 4.78 is 1.63. The molecule has 104 valence electrons. The van der Waals surface area contributed by atoms with Gasteiger partial charge in [-0.15, -0.1) is 0 Å². The van der Waals surface area contributed by atoms with Crippen molar-refractivity contribution in [3.63, 3.8) is 0 Å². The number of phenolic OH excluding ortho intramolecular Hbond substituents is 1. The summed E-state index contributed by atoms with van der Waals surface area (Å²) in [7, 11) is 0. The van der Waals surface area contributed by atoms with E-state index in [1.165, 1.54) is 6.33 Å². The van der Waals surface area contributed by atoms with E-state index in [1.807, 2.05) is 13.0 Å². The Kier molecular flexibility index (Phi) is 2.81. The van der Waals surface area contributed by atoms with Crippen molar-refractivity contribution in [2.24, 2.45) is 11.7 Å². The van der Waals surface area contributed by atoms with Crippen LogP contribution in [0.25, 0.3) is 0 Å². The number of nitrogens with one attached hydrogen (secondary N) is 1. The molecule has 7 heteroatoms. The third kappa shape index (κ3) is 1.87. The third-order valence-electron chi connectivity index (χ3n) is 3.61. The van der Waals surface area contributed by atoms with E-state index in [4.69, 9.17) is 5.73 Å². The average Bonchev–Trinajstić information content (AvgIpc) is 2.84. The maximum atomic E-state index is 11.8. The first kappa shape index (κ1) is 12.5. The Balaban J connectivity index is 2.15. The van der Waals surface area contributed by atoms with Crippen LogP contribution in [0.1, 0.15) is 18.5 Å². The number of nitrogens with zero attached hydrogens (tertiary/aromatic N) is 3. The predicted molar refractivity (Wildman–Crippen MR) is 72.0 cm³/mol. The minimum absolute atomic E-state index is 0.138. The highest BCUT2D eigenvalue weighted by Crippen LogP contribution is 2.36. The molecule has 0 spiro atoms. The summed E-state index contributed by atoms with van der Waals surface area (Å²) in [5.41, 5.74) is 6.32. The Morgan fingerprint density at radius 2 is 2.30 bits per heavy atom. The summed E-state index contributed by atoms with van der Waals surface area (Å²) in [5, 5.41) is 16.9. The van der Waals surface area contributed by atoms with Crippen LogP contribution in [-0.2, 0) is 4.79 Å². The van der Waals surface area contributed by atoms with Gasteiger partial charge in [-0.3, -0.25) is 4.79 Å². The lowest BCUT2D eigenvalue weighted by atomic mass is 9.85. The predicted octanol–water partition coefficient (Wildman–Crippen LogP) is 0.489. The Morgan fingerprint density at radius 3 is 3.00 bits per heavy atom. The van der Waals surface area contributed by atoms with Crippen LogP contribution < -0.4 is 11.1 Å². The molecule has 3 unspecified atom stereocenters. The largest absolute Gasteiger partial charge is 0.508 e. The maximum absolute atomic E-state index is 11.8. The first-order valence-electron chi connectivity index (χ1n) is 6.32. The van der Waals surface area contributed by atoms with Crippen molar-refractivity contribution in [2.45, 2.75) is 19.0 Å². The summed E-state index contributed by atoms with van der Waals surface area (Å²) in [6, 6.07) is 6.21. The van der Waals surface area contributed by atoms with E-state index >= 15 is 0 Å². The minimum atomic E-state index is -0.481. The molecule has 3 atom stereocenters. The lowest BCUT2D eigenvalue weighted by Crippen LogP contribution is -2.47. The number of carbonyl (C=O) groups is 1. The van der Waals surface area contributed by atoms with E-state index in [0.717, 1.165) is 5.56 Å². The monoisotopic (exact) mass is 273 g/mol. The van der Waals surface area contributed by atoms with Gasteiger partial charge in [-0.05, 0) is 24.6 Å². The van der Waals surface area contributed by atoms with Gasteiger partial charge in [0.1, 0.15) is 12.1 Å². The van der Waals surface area contributed by atoms with Gasteiger partial charge in [-0.1, -0.05) is 12.1 Å². The number of primary amides is 1. The number of aromatic nitrogens is 3. The SMILES string of the molecule is CC1Nc2ncnn2C(c2cccc(O)c2)C1C(N)=O. The lowest BCUT2D eigenvalue weighted by Gasteiger charge is -2.35. The van der Waals surface area contributed by atoms with Crippen molar-refractivity contribution >= 4 is 11.9 Å². The number of nitrogens with two attached hydrogens (primary N) is 1. The van der Waals surface area contributed by atoms with Gasteiger partial charge in [0.05, 0.1) is 12.0 Å². The molecule has 1 aromatic heterocycles. The van der Waals surface area contributed by atoms with Crippen LogP contribution in [-0.4, -0.2) is 31.8 Å². The minimum Gasteiger partial charge on any atom is -0.508 e. The molecule has 0 saturated heterocycles. The zero-order chi connectivity index (χ0) is 14.3.